The first-order valence-corrected chi connectivity index (χ1v) is 12.0. The lowest BCUT2D eigenvalue weighted by Crippen LogP contribution is -2.34. The van der Waals surface area contributed by atoms with Gasteiger partial charge in [-0.15, -0.1) is 0 Å². The summed E-state index contributed by atoms with van der Waals surface area (Å²) in [6, 6.07) is 11.7. The molecule has 3 aromatic carbocycles. The molecule has 0 bridgehead atoms. The fourth-order valence-electron chi connectivity index (χ4n) is 3.68. The Morgan fingerprint density at radius 1 is 1.06 bits per heavy atom. The number of ether oxygens (including phenoxy) is 1. The highest BCUT2D eigenvalue weighted by Crippen LogP contribution is 2.34. The van der Waals surface area contributed by atoms with E-state index in [0.717, 1.165) is 16.4 Å². The lowest BCUT2D eigenvalue weighted by molar-refractivity contribution is 0.0693. The monoisotopic (exact) mass is 509 g/mol. The van der Waals surface area contributed by atoms with Crippen molar-refractivity contribution in [2.45, 2.75) is 30.8 Å². The number of halogens is 3. The number of rotatable bonds is 9. The number of sulfonamides is 1. The zero-order valence-corrected chi connectivity index (χ0v) is 19.9. The second kappa shape index (κ2) is 10.5. The van der Waals surface area contributed by atoms with Crippen LogP contribution in [0.4, 0.5) is 8.78 Å². The Morgan fingerprint density at radius 3 is 2.21 bits per heavy atom. The van der Waals surface area contributed by atoms with Gasteiger partial charge in [-0.1, -0.05) is 24.6 Å². The Labute approximate surface area is 201 Å². The Kier molecular flexibility index (Phi) is 7.91. The molecule has 0 fully saturated rings. The maximum absolute atomic E-state index is 14.0. The number of hydrogen-bond donors (Lipinski definition) is 1. The summed E-state index contributed by atoms with van der Waals surface area (Å²) in [6.45, 7) is 1.43. The van der Waals surface area contributed by atoms with Gasteiger partial charge >= 0.3 is 5.97 Å². The van der Waals surface area contributed by atoms with Gasteiger partial charge in [-0.3, -0.25) is 0 Å². The maximum Gasteiger partial charge on any atom is 0.339 e. The molecule has 0 aromatic heterocycles. The first-order chi connectivity index (χ1) is 16.1. The van der Waals surface area contributed by atoms with Crippen molar-refractivity contribution in [1.82, 2.24) is 4.31 Å². The van der Waals surface area contributed by atoms with Gasteiger partial charge in [0, 0.05) is 17.6 Å². The van der Waals surface area contributed by atoms with Gasteiger partial charge in [-0.05, 0) is 66.1 Å². The van der Waals surface area contributed by atoms with E-state index in [2.05, 4.69) is 0 Å². The molecule has 0 radical (unpaired) electrons. The van der Waals surface area contributed by atoms with E-state index in [0.29, 0.717) is 16.7 Å². The quantitative estimate of drug-likeness (QED) is 0.402. The molecule has 3 aromatic rings. The zero-order chi connectivity index (χ0) is 25.0. The normalized spacial score (nSPS) is 12.5. The van der Waals surface area contributed by atoms with Crippen LogP contribution in [0.1, 0.15) is 40.9 Å². The summed E-state index contributed by atoms with van der Waals surface area (Å²) in [7, 11) is -2.88. The molecule has 0 spiro atoms. The average molecular weight is 510 g/mol. The molecule has 3 rings (SSSR count). The van der Waals surface area contributed by atoms with E-state index in [-0.39, 0.29) is 34.7 Å². The standard InChI is InChI=1S/C24H22ClF2NO5S/c1-3-22(16-11-18(26)13-19(27)12-16)28(34(31,32)20-7-5-17(25)6-8-20)14-15-4-9-23(33-2)21(10-15)24(29)30/h4-13,22H,3,14H2,1-2H3,(H,29,30). The fraction of sp³-hybridized carbons (Fsp3) is 0.208. The lowest BCUT2D eigenvalue weighted by atomic mass is 10.0. The molecule has 1 atom stereocenters. The van der Waals surface area contributed by atoms with Crippen LogP contribution in [0.25, 0.3) is 0 Å². The smallest absolute Gasteiger partial charge is 0.339 e. The third-order valence-corrected chi connectivity index (χ3v) is 7.38. The van der Waals surface area contributed by atoms with Crippen LogP contribution < -0.4 is 4.74 Å². The van der Waals surface area contributed by atoms with E-state index in [1.54, 1.807) is 6.92 Å². The lowest BCUT2D eigenvalue weighted by Gasteiger charge is -2.31. The maximum atomic E-state index is 14.0. The summed E-state index contributed by atoms with van der Waals surface area (Å²) in [4.78, 5) is 11.6. The predicted molar refractivity (Wildman–Crippen MR) is 124 cm³/mol. The molecular formula is C24H22ClF2NO5S. The summed E-state index contributed by atoms with van der Waals surface area (Å²) < 4.78 is 61.5. The molecule has 0 aliphatic rings. The van der Waals surface area contributed by atoms with E-state index >= 15 is 0 Å². The summed E-state index contributed by atoms with van der Waals surface area (Å²) in [5, 5.41) is 9.84. The number of methoxy groups -OCH3 is 1. The molecular weight excluding hydrogens is 488 g/mol. The van der Waals surface area contributed by atoms with Crippen molar-refractivity contribution in [1.29, 1.82) is 0 Å². The van der Waals surface area contributed by atoms with Crippen LogP contribution >= 0.6 is 11.6 Å². The predicted octanol–water partition coefficient (Wildman–Crippen LogP) is 5.67. The van der Waals surface area contributed by atoms with E-state index in [9.17, 15) is 27.1 Å². The molecule has 6 nitrogen and oxygen atoms in total. The van der Waals surface area contributed by atoms with E-state index in [1.165, 1.54) is 49.6 Å². The highest BCUT2D eigenvalue weighted by Gasteiger charge is 2.32. The SMILES string of the molecule is CCC(c1cc(F)cc(F)c1)N(Cc1ccc(OC)c(C(=O)O)c1)S(=O)(=O)c1ccc(Cl)cc1. The van der Waals surface area contributed by atoms with Gasteiger partial charge in [0.05, 0.1) is 18.0 Å². The van der Waals surface area contributed by atoms with Crippen LogP contribution in [0.2, 0.25) is 5.02 Å². The van der Waals surface area contributed by atoms with Crippen molar-refractivity contribution < 1.29 is 31.8 Å². The van der Waals surface area contributed by atoms with Gasteiger partial charge in [-0.25, -0.2) is 22.0 Å². The van der Waals surface area contributed by atoms with Crippen molar-refractivity contribution in [2.75, 3.05) is 7.11 Å². The summed E-state index contributed by atoms with van der Waals surface area (Å²) >= 11 is 5.91. The molecule has 0 aliphatic heterocycles. The Balaban J connectivity index is 2.16. The number of carbonyl (C=O) groups is 1. The van der Waals surface area contributed by atoms with Crippen LogP contribution in [0, 0.1) is 11.6 Å². The third kappa shape index (κ3) is 5.55. The van der Waals surface area contributed by atoms with Gasteiger partial charge in [0.15, 0.2) is 0 Å². The Bertz CT molecular complexity index is 1280. The van der Waals surface area contributed by atoms with Crippen LogP contribution in [0.15, 0.2) is 65.6 Å². The zero-order valence-electron chi connectivity index (χ0n) is 18.3. The molecule has 0 amide bonds. The summed E-state index contributed by atoms with van der Waals surface area (Å²) in [5.41, 5.74) is 0.337. The minimum Gasteiger partial charge on any atom is -0.496 e. The largest absolute Gasteiger partial charge is 0.496 e. The van der Waals surface area contributed by atoms with Crippen LogP contribution in [-0.2, 0) is 16.6 Å². The first kappa shape index (κ1) is 25.6. The van der Waals surface area contributed by atoms with Crippen LogP contribution in [0.3, 0.4) is 0 Å². The molecule has 34 heavy (non-hydrogen) atoms. The van der Waals surface area contributed by atoms with Gasteiger partial charge in [0.1, 0.15) is 22.9 Å². The number of carboxylic acids is 1. The Hall–Kier alpha value is -3.01. The fourth-order valence-corrected chi connectivity index (χ4v) is 5.48. The molecule has 0 aliphatic carbocycles. The molecule has 1 unspecified atom stereocenters. The van der Waals surface area contributed by atoms with Gasteiger partial charge in [-0.2, -0.15) is 4.31 Å². The highest BCUT2D eigenvalue weighted by molar-refractivity contribution is 7.89. The van der Waals surface area contributed by atoms with Crippen LogP contribution in [-0.4, -0.2) is 30.9 Å². The summed E-state index contributed by atoms with van der Waals surface area (Å²) in [5.74, 6) is -2.81. The van der Waals surface area contributed by atoms with Gasteiger partial charge in [0.2, 0.25) is 10.0 Å². The topological polar surface area (TPSA) is 83.9 Å². The average Bonchev–Trinajstić information content (AvgIpc) is 2.78. The molecule has 10 heteroatoms. The van der Waals surface area contributed by atoms with Crippen molar-refractivity contribution in [3.8, 4) is 5.75 Å². The number of benzene rings is 3. The number of carboxylic acid groups (broad SMARTS) is 1. The molecule has 0 saturated heterocycles. The molecule has 1 N–H and O–H groups in total. The summed E-state index contributed by atoms with van der Waals surface area (Å²) in [6.07, 6.45) is 0.192. The van der Waals surface area contributed by atoms with Gasteiger partial charge < -0.3 is 9.84 Å². The van der Waals surface area contributed by atoms with Crippen molar-refractivity contribution >= 4 is 27.6 Å². The molecule has 0 heterocycles. The van der Waals surface area contributed by atoms with Gasteiger partial charge in [0.25, 0.3) is 0 Å². The number of hydrogen-bond acceptors (Lipinski definition) is 4. The number of nitrogens with zero attached hydrogens (tertiary/aromatic N) is 1. The van der Waals surface area contributed by atoms with Crippen LogP contribution in [0.5, 0.6) is 5.75 Å². The minimum absolute atomic E-state index is 0.0702. The third-order valence-electron chi connectivity index (χ3n) is 5.26. The molecule has 0 saturated carbocycles. The second-order valence-electron chi connectivity index (χ2n) is 7.47. The number of aromatic carboxylic acids is 1. The second-order valence-corrected chi connectivity index (χ2v) is 9.80. The first-order valence-electron chi connectivity index (χ1n) is 10.2. The Morgan fingerprint density at radius 2 is 1.68 bits per heavy atom. The van der Waals surface area contributed by atoms with E-state index < -0.39 is 33.7 Å². The van der Waals surface area contributed by atoms with E-state index in [4.69, 9.17) is 16.3 Å². The van der Waals surface area contributed by atoms with E-state index in [1.807, 2.05) is 0 Å². The molecule has 180 valence electrons. The van der Waals surface area contributed by atoms with Crippen molar-refractivity contribution in [2.24, 2.45) is 0 Å². The highest BCUT2D eigenvalue weighted by atomic mass is 35.5. The minimum atomic E-state index is -4.20. The van der Waals surface area contributed by atoms with Crippen molar-refractivity contribution in [3.63, 3.8) is 0 Å². The van der Waals surface area contributed by atoms with Crippen molar-refractivity contribution in [3.05, 3.63) is 94.0 Å².